The first-order chi connectivity index (χ1) is 25.8. The summed E-state index contributed by atoms with van der Waals surface area (Å²) >= 11 is 0. The smallest absolute Gasteiger partial charge is 0.0730 e. The summed E-state index contributed by atoms with van der Waals surface area (Å²) in [6, 6.07) is 71.5. The van der Waals surface area contributed by atoms with Crippen molar-refractivity contribution in [3.8, 4) is 56.3 Å². The van der Waals surface area contributed by atoms with Crippen LogP contribution in [0.25, 0.3) is 89.0 Å². The van der Waals surface area contributed by atoms with Crippen LogP contribution in [-0.2, 0) is 0 Å². The van der Waals surface area contributed by atoms with E-state index in [1.165, 1.54) is 38.3 Å². The van der Waals surface area contributed by atoms with Gasteiger partial charge in [-0.1, -0.05) is 152 Å². The van der Waals surface area contributed by atoms with Crippen LogP contribution in [0.3, 0.4) is 0 Å². The molecule has 0 atom stereocenters. The van der Waals surface area contributed by atoms with Gasteiger partial charge in [-0.3, -0.25) is 0 Å². The van der Waals surface area contributed by atoms with Gasteiger partial charge in [0.1, 0.15) is 0 Å². The SMILES string of the molecule is c1ccc(-c2cc(-n3c(-c4ccc(-c5ccc(-n6c7ccccc7c7ccccc76)cc5)cc4)cc4ccccc43)cc(-c3ccccc3)n2)cc1. The summed E-state index contributed by atoms with van der Waals surface area (Å²) < 4.78 is 4.74. The monoisotopic (exact) mass is 663 g/mol. The zero-order valence-electron chi connectivity index (χ0n) is 28.4. The van der Waals surface area contributed by atoms with E-state index >= 15 is 0 Å². The lowest BCUT2D eigenvalue weighted by Crippen LogP contribution is -2.00. The lowest BCUT2D eigenvalue weighted by atomic mass is 10.0. The van der Waals surface area contributed by atoms with E-state index in [0.717, 1.165) is 50.7 Å². The van der Waals surface area contributed by atoms with Crippen molar-refractivity contribution in [1.82, 2.24) is 14.1 Å². The van der Waals surface area contributed by atoms with Gasteiger partial charge in [-0.2, -0.15) is 0 Å². The fraction of sp³-hybridized carbons (Fsp3) is 0. The van der Waals surface area contributed by atoms with Crippen molar-refractivity contribution in [1.29, 1.82) is 0 Å². The van der Waals surface area contributed by atoms with Crippen molar-refractivity contribution >= 4 is 32.7 Å². The highest BCUT2D eigenvalue weighted by Gasteiger charge is 2.16. The highest BCUT2D eigenvalue weighted by atomic mass is 15.0. The molecule has 10 rings (SSSR count). The quantitative estimate of drug-likeness (QED) is 0.174. The van der Waals surface area contributed by atoms with Crippen molar-refractivity contribution in [2.75, 3.05) is 0 Å². The number of nitrogens with zero attached hydrogens (tertiary/aromatic N) is 3. The lowest BCUT2D eigenvalue weighted by molar-refractivity contribution is 1.12. The number of hydrogen-bond acceptors (Lipinski definition) is 1. The zero-order chi connectivity index (χ0) is 34.4. The highest BCUT2D eigenvalue weighted by Crippen LogP contribution is 2.37. The Balaban J connectivity index is 1.05. The molecule has 0 bridgehead atoms. The molecule has 3 nitrogen and oxygen atoms in total. The minimum absolute atomic E-state index is 0.945. The van der Waals surface area contributed by atoms with E-state index in [2.05, 4.69) is 197 Å². The third-order valence-electron chi connectivity index (χ3n) is 10.1. The molecule has 3 aromatic heterocycles. The Bertz CT molecular complexity index is 2750. The van der Waals surface area contributed by atoms with Crippen molar-refractivity contribution < 1.29 is 0 Å². The van der Waals surface area contributed by atoms with E-state index in [1.54, 1.807) is 0 Å². The minimum atomic E-state index is 0.945. The highest BCUT2D eigenvalue weighted by molar-refractivity contribution is 6.09. The average Bonchev–Trinajstić information content (AvgIpc) is 3.78. The van der Waals surface area contributed by atoms with Gasteiger partial charge in [-0.15, -0.1) is 0 Å². The maximum atomic E-state index is 5.15. The summed E-state index contributed by atoms with van der Waals surface area (Å²) in [4.78, 5) is 5.15. The largest absolute Gasteiger partial charge is 0.309 e. The van der Waals surface area contributed by atoms with Gasteiger partial charge in [0.2, 0.25) is 0 Å². The molecule has 244 valence electrons. The second-order valence-corrected chi connectivity index (χ2v) is 13.2. The number of benzene rings is 7. The number of para-hydroxylation sites is 3. The van der Waals surface area contributed by atoms with Crippen LogP contribution in [0, 0.1) is 0 Å². The van der Waals surface area contributed by atoms with Gasteiger partial charge < -0.3 is 9.13 Å². The van der Waals surface area contributed by atoms with Gasteiger partial charge in [0.15, 0.2) is 0 Å². The van der Waals surface area contributed by atoms with Crippen LogP contribution in [0.15, 0.2) is 200 Å². The molecule has 0 radical (unpaired) electrons. The Morgan fingerprint density at radius 2 is 0.769 bits per heavy atom. The second kappa shape index (κ2) is 12.4. The Morgan fingerprint density at radius 3 is 1.35 bits per heavy atom. The molecule has 0 aliphatic heterocycles. The van der Waals surface area contributed by atoms with E-state index in [9.17, 15) is 0 Å². The molecule has 3 heterocycles. The Labute approximate surface area is 302 Å². The standard InChI is InChI=1S/C49H33N3/c1-3-13-36(14-4-1)44-32-41(33-45(50-44)37-15-5-2-6-16-37)52-46-20-10-7-17-39(46)31-49(52)38-25-23-34(24-26-38)35-27-29-40(30-28-35)51-47-21-11-8-18-42(47)43-19-9-12-22-48(43)51/h1-33H. The summed E-state index contributed by atoms with van der Waals surface area (Å²) in [6.45, 7) is 0. The number of pyridine rings is 1. The Morgan fingerprint density at radius 1 is 0.308 bits per heavy atom. The molecule has 7 aromatic carbocycles. The summed E-state index contributed by atoms with van der Waals surface area (Å²) in [5.74, 6) is 0. The zero-order valence-corrected chi connectivity index (χ0v) is 28.4. The molecule has 0 N–H and O–H groups in total. The topological polar surface area (TPSA) is 22.8 Å². The molecule has 10 aromatic rings. The predicted octanol–water partition coefficient (Wildman–Crippen LogP) is 12.8. The third kappa shape index (κ3) is 5.10. The first kappa shape index (κ1) is 29.9. The van der Waals surface area contributed by atoms with Crippen LogP contribution >= 0.6 is 0 Å². The Kier molecular flexibility index (Phi) is 7.14. The van der Waals surface area contributed by atoms with Crippen LogP contribution in [0.2, 0.25) is 0 Å². The first-order valence-electron chi connectivity index (χ1n) is 17.7. The number of rotatable bonds is 6. The van der Waals surface area contributed by atoms with E-state index in [4.69, 9.17) is 4.98 Å². The molecule has 0 fully saturated rings. The van der Waals surface area contributed by atoms with Crippen LogP contribution in [0.5, 0.6) is 0 Å². The van der Waals surface area contributed by atoms with Crippen LogP contribution in [0.4, 0.5) is 0 Å². The van der Waals surface area contributed by atoms with Gasteiger partial charge in [0, 0.05) is 33.0 Å². The summed E-state index contributed by atoms with van der Waals surface area (Å²) in [5.41, 5.74) is 14.6. The molecule has 0 saturated heterocycles. The van der Waals surface area contributed by atoms with E-state index < -0.39 is 0 Å². The van der Waals surface area contributed by atoms with Crippen molar-refractivity contribution in [3.63, 3.8) is 0 Å². The van der Waals surface area contributed by atoms with Crippen molar-refractivity contribution in [2.45, 2.75) is 0 Å². The molecule has 3 heteroatoms. The normalized spacial score (nSPS) is 11.5. The van der Waals surface area contributed by atoms with E-state index in [-0.39, 0.29) is 0 Å². The van der Waals surface area contributed by atoms with E-state index in [1.807, 2.05) is 12.1 Å². The Hall–Kier alpha value is -6.97. The molecule has 0 unspecified atom stereocenters. The summed E-state index contributed by atoms with van der Waals surface area (Å²) in [5, 5.41) is 3.74. The van der Waals surface area contributed by atoms with Gasteiger partial charge in [-0.05, 0) is 65.2 Å². The van der Waals surface area contributed by atoms with E-state index in [0.29, 0.717) is 0 Å². The molecule has 0 aliphatic rings. The maximum Gasteiger partial charge on any atom is 0.0730 e. The summed E-state index contributed by atoms with van der Waals surface area (Å²) in [7, 11) is 0. The molecule has 0 saturated carbocycles. The van der Waals surface area contributed by atoms with Crippen LogP contribution in [-0.4, -0.2) is 14.1 Å². The number of aromatic nitrogens is 3. The van der Waals surface area contributed by atoms with Gasteiger partial charge in [0.25, 0.3) is 0 Å². The molecular formula is C49H33N3. The molecule has 0 spiro atoms. The summed E-state index contributed by atoms with van der Waals surface area (Å²) in [6.07, 6.45) is 0. The fourth-order valence-corrected chi connectivity index (χ4v) is 7.64. The predicted molar refractivity (Wildman–Crippen MR) is 217 cm³/mol. The van der Waals surface area contributed by atoms with Gasteiger partial charge >= 0.3 is 0 Å². The molecule has 0 aliphatic carbocycles. The van der Waals surface area contributed by atoms with Crippen molar-refractivity contribution in [2.24, 2.45) is 0 Å². The molecular weight excluding hydrogens is 631 g/mol. The van der Waals surface area contributed by atoms with Crippen molar-refractivity contribution in [3.05, 3.63) is 200 Å². The molecule has 0 amide bonds. The molecule has 52 heavy (non-hydrogen) atoms. The third-order valence-corrected chi connectivity index (χ3v) is 10.1. The first-order valence-corrected chi connectivity index (χ1v) is 17.7. The van der Waals surface area contributed by atoms with Crippen LogP contribution in [0.1, 0.15) is 0 Å². The number of fused-ring (bicyclic) bond motifs is 4. The van der Waals surface area contributed by atoms with Gasteiger partial charge in [-0.25, -0.2) is 4.98 Å². The maximum absolute atomic E-state index is 5.15. The van der Waals surface area contributed by atoms with Gasteiger partial charge in [0.05, 0.1) is 39.3 Å². The number of hydrogen-bond donors (Lipinski definition) is 0. The lowest BCUT2D eigenvalue weighted by Gasteiger charge is -2.15. The average molecular weight is 664 g/mol. The minimum Gasteiger partial charge on any atom is -0.309 e. The fourth-order valence-electron chi connectivity index (χ4n) is 7.64. The second-order valence-electron chi connectivity index (χ2n) is 13.2. The van der Waals surface area contributed by atoms with Crippen LogP contribution < -0.4 is 0 Å².